The monoisotopic (exact) mass is 476 g/mol. The SMILES string of the molecule is CCCOc1ccc([N+](=O)[O-])cc1NC(C)=O.CCCOc1ccc([N+](=O)[O-])cc1NC(C)=O. The van der Waals surface area contributed by atoms with Crippen LogP contribution >= 0.6 is 0 Å². The lowest BCUT2D eigenvalue weighted by atomic mass is 10.2. The second kappa shape index (κ2) is 14.0. The Hall–Kier alpha value is -4.22. The predicted octanol–water partition coefficient (Wildman–Crippen LogP) is 4.68. The second-order valence-electron chi connectivity index (χ2n) is 6.93. The summed E-state index contributed by atoms with van der Waals surface area (Å²) in [4.78, 5) is 42.2. The first kappa shape index (κ1) is 27.8. The molecule has 0 saturated heterocycles. The molecule has 2 aromatic rings. The fraction of sp³-hybridized carbons (Fsp3) is 0.364. The number of non-ortho nitro benzene ring substituents is 2. The summed E-state index contributed by atoms with van der Waals surface area (Å²) in [5, 5.41) is 26.3. The number of benzene rings is 2. The summed E-state index contributed by atoms with van der Waals surface area (Å²) in [5.41, 5.74) is 0.468. The molecule has 0 heterocycles. The Bertz CT molecular complexity index is 944. The Morgan fingerprint density at radius 3 is 1.38 bits per heavy atom. The summed E-state index contributed by atoms with van der Waals surface area (Å²) in [6.45, 7) is 7.55. The minimum absolute atomic E-state index is 0.0856. The molecule has 2 amide bonds. The lowest BCUT2D eigenvalue weighted by Crippen LogP contribution is -2.08. The average Bonchev–Trinajstić information content (AvgIpc) is 2.76. The minimum atomic E-state index is -0.519. The van der Waals surface area contributed by atoms with Crippen LogP contribution in [0.1, 0.15) is 40.5 Å². The van der Waals surface area contributed by atoms with Gasteiger partial charge in [-0.25, -0.2) is 0 Å². The van der Waals surface area contributed by atoms with Gasteiger partial charge in [-0.2, -0.15) is 0 Å². The van der Waals surface area contributed by atoms with E-state index in [1.54, 1.807) is 0 Å². The van der Waals surface area contributed by atoms with Crippen molar-refractivity contribution < 1.29 is 28.9 Å². The van der Waals surface area contributed by atoms with Crippen molar-refractivity contribution in [2.24, 2.45) is 0 Å². The summed E-state index contributed by atoms with van der Waals surface area (Å²) in [6.07, 6.45) is 1.63. The van der Waals surface area contributed by atoms with Crippen LogP contribution in [0.15, 0.2) is 36.4 Å². The van der Waals surface area contributed by atoms with Gasteiger partial charge in [-0.3, -0.25) is 29.8 Å². The number of carbonyl (C=O) groups is 2. The van der Waals surface area contributed by atoms with Crippen LogP contribution < -0.4 is 20.1 Å². The van der Waals surface area contributed by atoms with Gasteiger partial charge in [0.15, 0.2) is 0 Å². The van der Waals surface area contributed by atoms with Gasteiger partial charge in [-0.1, -0.05) is 13.8 Å². The van der Waals surface area contributed by atoms with E-state index in [-0.39, 0.29) is 23.2 Å². The molecule has 0 aliphatic carbocycles. The highest BCUT2D eigenvalue weighted by atomic mass is 16.6. The molecule has 0 radical (unpaired) electrons. The number of nitro benzene ring substituents is 2. The molecule has 184 valence electrons. The number of hydrogen-bond acceptors (Lipinski definition) is 8. The molecular weight excluding hydrogens is 448 g/mol. The van der Waals surface area contributed by atoms with Crippen molar-refractivity contribution in [2.75, 3.05) is 23.8 Å². The third-order valence-corrected chi connectivity index (χ3v) is 3.89. The molecular formula is C22H28N4O8. The van der Waals surface area contributed by atoms with Crippen LogP contribution in [-0.2, 0) is 9.59 Å². The van der Waals surface area contributed by atoms with Crippen LogP contribution in [0.5, 0.6) is 11.5 Å². The smallest absolute Gasteiger partial charge is 0.271 e. The summed E-state index contributed by atoms with van der Waals surface area (Å²) in [5.74, 6) is 0.277. The average molecular weight is 476 g/mol. The minimum Gasteiger partial charge on any atom is -0.491 e. The van der Waals surface area contributed by atoms with Crippen molar-refractivity contribution >= 4 is 34.6 Å². The predicted molar refractivity (Wildman–Crippen MR) is 126 cm³/mol. The molecule has 0 unspecified atom stereocenters. The number of rotatable bonds is 10. The van der Waals surface area contributed by atoms with Crippen LogP contribution in [-0.4, -0.2) is 34.9 Å². The molecule has 0 saturated carbocycles. The maximum atomic E-state index is 11.0. The third kappa shape index (κ3) is 9.51. The lowest BCUT2D eigenvalue weighted by Gasteiger charge is -2.10. The first-order valence-corrected chi connectivity index (χ1v) is 10.5. The van der Waals surface area contributed by atoms with Crippen LogP contribution in [0.25, 0.3) is 0 Å². The molecule has 12 nitrogen and oxygen atoms in total. The Balaban J connectivity index is 0.000000340. The van der Waals surface area contributed by atoms with E-state index in [2.05, 4.69) is 10.6 Å². The molecule has 0 bridgehead atoms. The van der Waals surface area contributed by atoms with E-state index >= 15 is 0 Å². The zero-order valence-corrected chi connectivity index (χ0v) is 19.5. The number of nitrogens with one attached hydrogen (secondary N) is 2. The van der Waals surface area contributed by atoms with Gasteiger partial charge in [0, 0.05) is 38.1 Å². The van der Waals surface area contributed by atoms with Gasteiger partial charge in [0.2, 0.25) is 11.8 Å². The van der Waals surface area contributed by atoms with Gasteiger partial charge < -0.3 is 20.1 Å². The zero-order valence-electron chi connectivity index (χ0n) is 19.5. The van der Waals surface area contributed by atoms with Crippen molar-refractivity contribution in [3.63, 3.8) is 0 Å². The highest BCUT2D eigenvalue weighted by molar-refractivity contribution is 5.91. The van der Waals surface area contributed by atoms with Crippen molar-refractivity contribution in [1.29, 1.82) is 0 Å². The van der Waals surface area contributed by atoms with Crippen LogP contribution in [0.2, 0.25) is 0 Å². The van der Waals surface area contributed by atoms with Gasteiger partial charge in [0.25, 0.3) is 11.4 Å². The van der Waals surface area contributed by atoms with Gasteiger partial charge in [0.1, 0.15) is 11.5 Å². The molecule has 0 aromatic heterocycles. The number of anilines is 2. The maximum Gasteiger partial charge on any atom is 0.271 e. The molecule has 0 atom stereocenters. The van der Waals surface area contributed by atoms with Gasteiger partial charge >= 0.3 is 0 Å². The summed E-state index contributed by atoms with van der Waals surface area (Å²) in [6, 6.07) is 8.23. The first-order chi connectivity index (χ1) is 16.1. The van der Waals surface area contributed by atoms with Crippen LogP contribution in [0.3, 0.4) is 0 Å². The van der Waals surface area contributed by atoms with E-state index < -0.39 is 9.85 Å². The van der Waals surface area contributed by atoms with Crippen molar-refractivity contribution in [1.82, 2.24) is 0 Å². The maximum absolute atomic E-state index is 11.0. The molecule has 2 aromatic carbocycles. The molecule has 0 spiro atoms. The third-order valence-electron chi connectivity index (χ3n) is 3.89. The van der Waals surface area contributed by atoms with Crippen molar-refractivity contribution in [3.05, 3.63) is 56.6 Å². The highest BCUT2D eigenvalue weighted by Gasteiger charge is 2.13. The van der Waals surface area contributed by atoms with Crippen molar-refractivity contribution in [2.45, 2.75) is 40.5 Å². The highest BCUT2D eigenvalue weighted by Crippen LogP contribution is 2.30. The lowest BCUT2D eigenvalue weighted by molar-refractivity contribution is -0.385. The Morgan fingerprint density at radius 1 is 0.765 bits per heavy atom. The van der Waals surface area contributed by atoms with Gasteiger partial charge in [-0.15, -0.1) is 0 Å². The normalized spacial score (nSPS) is 9.76. The number of nitro groups is 2. The van der Waals surface area contributed by atoms with Gasteiger partial charge in [0.05, 0.1) is 34.4 Å². The number of nitrogens with zero attached hydrogens (tertiary/aromatic N) is 2. The van der Waals surface area contributed by atoms with E-state index in [1.807, 2.05) is 13.8 Å². The van der Waals surface area contributed by atoms with Crippen LogP contribution in [0, 0.1) is 20.2 Å². The molecule has 34 heavy (non-hydrogen) atoms. The molecule has 0 aliphatic rings. The number of carbonyl (C=O) groups excluding carboxylic acids is 2. The fourth-order valence-electron chi connectivity index (χ4n) is 2.51. The van der Waals surface area contributed by atoms with E-state index in [0.717, 1.165) is 12.8 Å². The molecule has 0 fully saturated rings. The van der Waals surface area contributed by atoms with Gasteiger partial charge in [-0.05, 0) is 25.0 Å². The standard InChI is InChI=1S/2C11H14N2O4/c2*1-3-6-17-11-5-4-9(13(15)16)7-10(11)12-8(2)14/h2*4-5,7H,3,6H2,1-2H3,(H,12,14). The molecule has 2 N–H and O–H groups in total. The molecule has 2 rings (SSSR count). The Morgan fingerprint density at radius 2 is 1.12 bits per heavy atom. The summed E-state index contributed by atoms with van der Waals surface area (Å²) in [7, 11) is 0. The Kier molecular flexibility index (Phi) is 11.5. The molecule has 0 aliphatic heterocycles. The molecule has 12 heteroatoms. The largest absolute Gasteiger partial charge is 0.491 e. The quantitative estimate of drug-likeness (QED) is 0.368. The number of ether oxygens (including phenoxy) is 2. The summed E-state index contributed by atoms with van der Waals surface area (Å²) < 4.78 is 10.8. The summed E-state index contributed by atoms with van der Waals surface area (Å²) >= 11 is 0. The fourth-order valence-corrected chi connectivity index (χ4v) is 2.51. The van der Waals surface area contributed by atoms with Crippen molar-refractivity contribution in [3.8, 4) is 11.5 Å². The number of hydrogen-bond donors (Lipinski definition) is 2. The van der Waals surface area contributed by atoms with Crippen LogP contribution in [0.4, 0.5) is 22.7 Å². The zero-order chi connectivity index (χ0) is 25.7. The van der Waals surface area contributed by atoms with E-state index in [0.29, 0.717) is 36.1 Å². The topological polar surface area (TPSA) is 163 Å². The van der Waals surface area contributed by atoms with E-state index in [4.69, 9.17) is 9.47 Å². The van der Waals surface area contributed by atoms with E-state index in [9.17, 15) is 29.8 Å². The number of amides is 2. The second-order valence-corrected chi connectivity index (χ2v) is 6.93. The van der Waals surface area contributed by atoms with E-state index in [1.165, 1.54) is 50.2 Å². The first-order valence-electron chi connectivity index (χ1n) is 10.5. The Labute approximate surface area is 196 Å².